The zero-order chi connectivity index (χ0) is 14.0. The normalized spacial score (nSPS) is 13.9. The summed E-state index contributed by atoms with van der Waals surface area (Å²) in [5.41, 5.74) is 0. The maximum Gasteiger partial charge on any atom is 0.326 e. The van der Waals surface area contributed by atoms with Crippen molar-refractivity contribution < 1.29 is 14.7 Å². The number of thioether (sulfide) groups is 1. The minimum Gasteiger partial charge on any atom is -0.480 e. The molecule has 0 spiro atoms. The molecular formula is C13H25NO3S. The minimum absolute atomic E-state index is 0.167. The van der Waals surface area contributed by atoms with Gasteiger partial charge in [-0.05, 0) is 25.5 Å². The quantitative estimate of drug-likeness (QED) is 0.602. The van der Waals surface area contributed by atoms with Crippen LogP contribution in [0.5, 0.6) is 0 Å². The van der Waals surface area contributed by atoms with E-state index in [0.29, 0.717) is 6.42 Å². The Balaban J connectivity index is 4.10. The highest BCUT2D eigenvalue weighted by atomic mass is 32.2. The average molecular weight is 275 g/mol. The third-order valence-corrected chi connectivity index (χ3v) is 3.93. The predicted octanol–water partition coefficient (Wildman–Crippen LogP) is 2.67. The van der Waals surface area contributed by atoms with Crippen LogP contribution in [0.1, 0.15) is 52.9 Å². The summed E-state index contributed by atoms with van der Waals surface area (Å²) >= 11 is 1.58. The lowest BCUT2D eigenvalue weighted by molar-refractivity contribution is -0.141. The number of carbonyl (C=O) groups excluding carboxylic acids is 1. The number of hydrogen-bond donors (Lipinski definition) is 2. The van der Waals surface area contributed by atoms with Crippen LogP contribution in [0.3, 0.4) is 0 Å². The van der Waals surface area contributed by atoms with Crippen molar-refractivity contribution in [3.8, 4) is 0 Å². The van der Waals surface area contributed by atoms with E-state index in [1.807, 2.05) is 13.8 Å². The first kappa shape index (κ1) is 17.3. The summed E-state index contributed by atoms with van der Waals surface area (Å²) in [5.74, 6) is -0.167. The number of rotatable bonds is 10. The Hall–Kier alpha value is -0.710. The standard InChI is InChI=1S/C13H25NO3S/c1-4-6-8-11(13(16)17)14-12(15)10(3)18-9-7-5-2/h10-11H,4-9H2,1-3H3,(H,14,15)(H,16,17)/t10?,11-/m0/s1. The lowest BCUT2D eigenvalue weighted by Crippen LogP contribution is -2.44. The molecule has 0 aromatic heterocycles. The van der Waals surface area contributed by atoms with Crippen molar-refractivity contribution in [1.29, 1.82) is 0 Å². The lowest BCUT2D eigenvalue weighted by atomic mass is 10.1. The minimum atomic E-state index is -0.942. The molecule has 0 saturated carbocycles. The van der Waals surface area contributed by atoms with Crippen molar-refractivity contribution >= 4 is 23.6 Å². The molecule has 1 amide bonds. The van der Waals surface area contributed by atoms with Gasteiger partial charge in [0.15, 0.2) is 0 Å². The molecule has 0 bridgehead atoms. The first-order valence-corrected chi connectivity index (χ1v) is 7.72. The van der Waals surface area contributed by atoms with Crippen LogP contribution in [0.2, 0.25) is 0 Å². The van der Waals surface area contributed by atoms with Gasteiger partial charge in [0, 0.05) is 0 Å². The second-order valence-corrected chi connectivity index (χ2v) is 5.86. The number of carboxylic acid groups (broad SMARTS) is 1. The Morgan fingerprint density at radius 3 is 2.33 bits per heavy atom. The number of hydrogen-bond acceptors (Lipinski definition) is 3. The predicted molar refractivity (Wildman–Crippen MR) is 75.9 cm³/mol. The largest absolute Gasteiger partial charge is 0.480 e. The summed E-state index contributed by atoms with van der Waals surface area (Å²) in [6.45, 7) is 5.94. The molecule has 2 N–H and O–H groups in total. The van der Waals surface area contributed by atoms with Gasteiger partial charge in [0.05, 0.1) is 5.25 Å². The molecule has 106 valence electrons. The summed E-state index contributed by atoms with van der Waals surface area (Å²) < 4.78 is 0. The third kappa shape index (κ3) is 7.58. The molecule has 0 heterocycles. The Kier molecular flexibility index (Phi) is 9.83. The highest BCUT2D eigenvalue weighted by Gasteiger charge is 2.22. The molecule has 18 heavy (non-hydrogen) atoms. The number of amides is 1. The number of carbonyl (C=O) groups is 2. The number of nitrogens with one attached hydrogen (secondary N) is 1. The van der Waals surface area contributed by atoms with Crippen LogP contribution < -0.4 is 5.32 Å². The lowest BCUT2D eigenvalue weighted by Gasteiger charge is -2.17. The van der Waals surface area contributed by atoms with Crippen LogP contribution in [0.4, 0.5) is 0 Å². The monoisotopic (exact) mass is 275 g/mol. The highest BCUT2D eigenvalue weighted by molar-refractivity contribution is 8.00. The Morgan fingerprint density at radius 1 is 1.22 bits per heavy atom. The van der Waals surface area contributed by atoms with E-state index in [2.05, 4.69) is 12.2 Å². The zero-order valence-corrected chi connectivity index (χ0v) is 12.4. The third-order valence-electron chi connectivity index (χ3n) is 2.70. The van der Waals surface area contributed by atoms with E-state index in [1.54, 1.807) is 11.8 Å². The summed E-state index contributed by atoms with van der Waals surface area (Å²) in [6, 6.07) is -0.744. The molecule has 0 radical (unpaired) electrons. The first-order valence-electron chi connectivity index (χ1n) is 6.67. The molecule has 0 saturated heterocycles. The van der Waals surface area contributed by atoms with Crippen LogP contribution >= 0.6 is 11.8 Å². The van der Waals surface area contributed by atoms with E-state index in [1.165, 1.54) is 0 Å². The Labute approximate surface area is 114 Å². The molecule has 4 nitrogen and oxygen atoms in total. The van der Waals surface area contributed by atoms with E-state index in [4.69, 9.17) is 5.11 Å². The molecule has 1 unspecified atom stereocenters. The molecule has 0 aromatic rings. The van der Waals surface area contributed by atoms with Crippen molar-refractivity contribution in [2.45, 2.75) is 64.2 Å². The highest BCUT2D eigenvalue weighted by Crippen LogP contribution is 2.13. The molecule has 0 aliphatic rings. The van der Waals surface area contributed by atoms with Crippen LogP contribution in [0.25, 0.3) is 0 Å². The summed E-state index contributed by atoms with van der Waals surface area (Å²) in [5, 5.41) is 11.5. The Bertz CT molecular complexity index is 259. The molecule has 2 atom stereocenters. The van der Waals surface area contributed by atoms with Gasteiger partial charge in [0.25, 0.3) is 0 Å². The van der Waals surface area contributed by atoms with Gasteiger partial charge in [-0.2, -0.15) is 0 Å². The Morgan fingerprint density at radius 2 is 1.83 bits per heavy atom. The SMILES string of the molecule is CCCCSC(C)C(=O)N[C@@H](CCCC)C(=O)O. The molecule has 0 rings (SSSR count). The molecular weight excluding hydrogens is 250 g/mol. The number of unbranched alkanes of at least 4 members (excludes halogenated alkanes) is 2. The van der Waals surface area contributed by atoms with Gasteiger partial charge in [-0.15, -0.1) is 11.8 Å². The summed E-state index contributed by atoms with van der Waals surface area (Å²) in [7, 11) is 0. The van der Waals surface area contributed by atoms with Gasteiger partial charge in [-0.3, -0.25) is 4.79 Å². The van der Waals surface area contributed by atoms with Gasteiger partial charge >= 0.3 is 5.97 Å². The van der Waals surface area contributed by atoms with Crippen LogP contribution in [0, 0.1) is 0 Å². The maximum atomic E-state index is 11.8. The summed E-state index contributed by atoms with van der Waals surface area (Å²) in [4.78, 5) is 22.8. The fourth-order valence-electron chi connectivity index (χ4n) is 1.43. The van der Waals surface area contributed by atoms with Gasteiger partial charge < -0.3 is 10.4 Å². The van der Waals surface area contributed by atoms with Crippen molar-refractivity contribution in [2.75, 3.05) is 5.75 Å². The van der Waals surface area contributed by atoms with Gasteiger partial charge in [0.2, 0.25) is 5.91 Å². The molecule has 0 aliphatic carbocycles. The zero-order valence-electron chi connectivity index (χ0n) is 11.6. The fourth-order valence-corrected chi connectivity index (χ4v) is 2.46. The average Bonchev–Trinajstić information content (AvgIpc) is 2.33. The second kappa shape index (κ2) is 10.2. The second-order valence-electron chi connectivity index (χ2n) is 4.41. The molecule has 0 aliphatic heterocycles. The van der Waals surface area contributed by atoms with Gasteiger partial charge in [-0.1, -0.05) is 33.1 Å². The van der Waals surface area contributed by atoms with Crippen LogP contribution in [-0.4, -0.2) is 34.0 Å². The van der Waals surface area contributed by atoms with E-state index in [0.717, 1.165) is 31.4 Å². The molecule has 0 aromatic carbocycles. The van der Waals surface area contributed by atoms with E-state index < -0.39 is 12.0 Å². The number of aliphatic carboxylic acids is 1. The van der Waals surface area contributed by atoms with Crippen molar-refractivity contribution in [1.82, 2.24) is 5.32 Å². The fraction of sp³-hybridized carbons (Fsp3) is 0.846. The van der Waals surface area contributed by atoms with E-state index in [9.17, 15) is 9.59 Å². The van der Waals surface area contributed by atoms with Crippen molar-refractivity contribution in [2.24, 2.45) is 0 Å². The first-order chi connectivity index (χ1) is 8.52. The van der Waals surface area contributed by atoms with Gasteiger partial charge in [-0.25, -0.2) is 4.79 Å². The molecule has 5 heteroatoms. The van der Waals surface area contributed by atoms with Crippen LogP contribution in [-0.2, 0) is 9.59 Å². The topological polar surface area (TPSA) is 66.4 Å². The smallest absolute Gasteiger partial charge is 0.326 e. The summed E-state index contributed by atoms with van der Waals surface area (Å²) in [6.07, 6.45) is 4.44. The van der Waals surface area contributed by atoms with E-state index >= 15 is 0 Å². The van der Waals surface area contributed by atoms with Crippen LogP contribution in [0.15, 0.2) is 0 Å². The van der Waals surface area contributed by atoms with Crippen molar-refractivity contribution in [3.63, 3.8) is 0 Å². The van der Waals surface area contributed by atoms with E-state index in [-0.39, 0.29) is 11.2 Å². The molecule has 0 fully saturated rings. The van der Waals surface area contributed by atoms with Crippen molar-refractivity contribution in [3.05, 3.63) is 0 Å². The van der Waals surface area contributed by atoms with Gasteiger partial charge in [0.1, 0.15) is 6.04 Å². The number of carboxylic acids is 1. The maximum absolute atomic E-state index is 11.8.